The molecule has 2 aromatic carbocycles. The van der Waals surface area contributed by atoms with Crippen LogP contribution in [0.15, 0.2) is 63.8 Å². The minimum absolute atomic E-state index is 0.219. The van der Waals surface area contributed by atoms with Crippen molar-refractivity contribution in [2.45, 2.75) is 6.18 Å². The number of benzene rings is 2. The molecule has 8 heteroatoms. The Morgan fingerprint density at radius 1 is 1.04 bits per heavy atom. The van der Waals surface area contributed by atoms with Gasteiger partial charge in [-0.05, 0) is 42.5 Å². The highest BCUT2D eigenvalue weighted by molar-refractivity contribution is 5.92. The van der Waals surface area contributed by atoms with E-state index >= 15 is 0 Å². The van der Waals surface area contributed by atoms with Crippen LogP contribution in [-0.4, -0.2) is 12.5 Å². The number of carbonyl (C=O) groups excluding carboxylic acids is 1. The summed E-state index contributed by atoms with van der Waals surface area (Å²) in [6.45, 7) is -0.358. The smallest absolute Gasteiger partial charge is 0.416 e. The van der Waals surface area contributed by atoms with E-state index in [1.54, 1.807) is 18.2 Å². The van der Waals surface area contributed by atoms with Crippen LogP contribution in [0, 0.1) is 0 Å². The maximum atomic E-state index is 12.5. The largest absolute Gasteiger partial charge is 0.484 e. The van der Waals surface area contributed by atoms with Crippen molar-refractivity contribution in [1.29, 1.82) is 0 Å². The van der Waals surface area contributed by atoms with Crippen LogP contribution in [0.25, 0.3) is 11.0 Å². The predicted octanol–water partition coefficient (Wildman–Crippen LogP) is 3.83. The van der Waals surface area contributed by atoms with Gasteiger partial charge in [0.05, 0.1) is 5.56 Å². The maximum absolute atomic E-state index is 12.5. The number of fused-ring (bicyclic) bond motifs is 1. The minimum atomic E-state index is -4.43. The summed E-state index contributed by atoms with van der Waals surface area (Å²) >= 11 is 0. The van der Waals surface area contributed by atoms with E-state index in [2.05, 4.69) is 5.32 Å². The second-order valence-corrected chi connectivity index (χ2v) is 5.37. The third-order valence-corrected chi connectivity index (χ3v) is 3.46. The van der Waals surface area contributed by atoms with Crippen molar-refractivity contribution in [1.82, 2.24) is 0 Å². The summed E-state index contributed by atoms with van der Waals surface area (Å²) in [5.41, 5.74) is -0.770. The van der Waals surface area contributed by atoms with Crippen molar-refractivity contribution in [3.63, 3.8) is 0 Å². The Balaban J connectivity index is 1.61. The van der Waals surface area contributed by atoms with Crippen molar-refractivity contribution < 1.29 is 27.1 Å². The lowest BCUT2D eigenvalue weighted by Gasteiger charge is -2.10. The number of ether oxygens (including phenoxy) is 1. The summed E-state index contributed by atoms with van der Waals surface area (Å²) in [5, 5.41) is 3.13. The molecule has 0 aliphatic rings. The van der Waals surface area contributed by atoms with Gasteiger partial charge in [0.15, 0.2) is 6.61 Å². The van der Waals surface area contributed by atoms with E-state index in [1.165, 1.54) is 12.1 Å². The van der Waals surface area contributed by atoms with Crippen molar-refractivity contribution in [2.24, 2.45) is 0 Å². The average molecular weight is 363 g/mol. The fourth-order valence-corrected chi connectivity index (χ4v) is 2.22. The number of hydrogen-bond donors (Lipinski definition) is 1. The molecule has 1 amide bonds. The van der Waals surface area contributed by atoms with Crippen molar-refractivity contribution in [3.05, 3.63) is 70.6 Å². The lowest BCUT2D eigenvalue weighted by molar-refractivity contribution is -0.137. The zero-order valence-corrected chi connectivity index (χ0v) is 13.2. The summed E-state index contributed by atoms with van der Waals surface area (Å²) in [7, 11) is 0. The standard InChI is InChI=1S/C18H12F3NO4/c19-18(20,21)12-3-5-13(6-4-12)22-16(23)10-25-14-7-1-11-2-8-17(24)26-15(11)9-14/h1-9H,10H2,(H,22,23). The van der Waals surface area contributed by atoms with Crippen LogP contribution in [0.3, 0.4) is 0 Å². The van der Waals surface area contributed by atoms with E-state index in [0.29, 0.717) is 16.7 Å². The van der Waals surface area contributed by atoms with Gasteiger partial charge in [-0.2, -0.15) is 13.2 Å². The number of anilines is 1. The lowest BCUT2D eigenvalue weighted by atomic mass is 10.2. The van der Waals surface area contributed by atoms with E-state index in [0.717, 1.165) is 24.3 Å². The van der Waals surface area contributed by atoms with E-state index < -0.39 is 23.3 Å². The first kappa shape index (κ1) is 17.5. The predicted molar refractivity (Wildman–Crippen MR) is 88.1 cm³/mol. The molecule has 0 atom stereocenters. The Hall–Kier alpha value is -3.29. The van der Waals surface area contributed by atoms with E-state index in [4.69, 9.17) is 9.15 Å². The highest BCUT2D eigenvalue weighted by atomic mass is 19.4. The van der Waals surface area contributed by atoms with Gasteiger partial charge in [-0.3, -0.25) is 4.79 Å². The zero-order valence-electron chi connectivity index (χ0n) is 13.2. The first-order valence-electron chi connectivity index (χ1n) is 7.45. The minimum Gasteiger partial charge on any atom is -0.484 e. The molecular formula is C18H12F3NO4. The molecule has 0 spiro atoms. The van der Waals surface area contributed by atoms with Crippen LogP contribution in [0.5, 0.6) is 5.75 Å². The zero-order chi connectivity index (χ0) is 18.7. The van der Waals surface area contributed by atoms with Gasteiger partial charge >= 0.3 is 11.8 Å². The van der Waals surface area contributed by atoms with Gasteiger partial charge in [-0.25, -0.2) is 4.79 Å². The number of hydrogen-bond acceptors (Lipinski definition) is 4. The van der Waals surface area contributed by atoms with Crippen LogP contribution in [-0.2, 0) is 11.0 Å². The summed E-state index contributed by atoms with van der Waals surface area (Å²) < 4.78 is 47.8. The molecule has 3 aromatic rings. The van der Waals surface area contributed by atoms with Gasteiger partial charge in [0.1, 0.15) is 11.3 Å². The molecule has 1 heterocycles. The normalized spacial score (nSPS) is 11.3. The molecule has 0 radical (unpaired) electrons. The number of halogens is 3. The second kappa shape index (κ2) is 6.91. The lowest BCUT2D eigenvalue weighted by Crippen LogP contribution is -2.20. The third-order valence-electron chi connectivity index (χ3n) is 3.46. The maximum Gasteiger partial charge on any atom is 0.416 e. The summed E-state index contributed by atoms with van der Waals surface area (Å²) in [4.78, 5) is 23.1. The molecule has 0 saturated carbocycles. The molecule has 1 N–H and O–H groups in total. The van der Waals surface area contributed by atoms with Crippen LogP contribution in [0.2, 0.25) is 0 Å². The number of alkyl halides is 3. The van der Waals surface area contributed by atoms with Gasteiger partial charge in [0.25, 0.3) is 5.91 Å². The molecule has 0 unspecified atom stereocenters. The van der Waals surface area contributed by atoms with Crippen molar-refractivity contribution >= 4 is 22.6 Å². The molecule has 3 rings (SSSR count). The average Bonchev–Trinajstić information content (AvgIpc) is 2.59. The highest BCUT2D eigenvalue weighted by Gasteiger charge is 2.29. The Morgan fingerprint density at radius 3 is 2.42 bits per heavy atom. The molecule has 0 fully saturated rings. The van der Waals surface area contributed by atoms with Crippen LogP contribution in [0.1, 0.15) is 5.56 Å². The number of nitrogens with one attached hydrogen (secondary N) is 1. The Labute approximate surface area is 145 Å². The van der Waals surface area contributed by atoms with Crippen LogP contribution >= 0.6 is 0 Å². The third kappa shape index (κ3) is 4.21. The molecule has 134 valence electrons. The fraction of sp³-hybridized carbons (Fsp3) is 0.111. The molecule has 0 aliphatic carbocycles. The molecule has 0 bridgehead atoms. The van der Waals surface area contributed by atoms with Crippen LogP contribution < -0.4 is 15.7 Å². The van der Waals surface area contributed by atoms with Crippen molar-refractivity contribution in [2.75, 3.05) is 11.9 Å². The fourth-order valence-electron chi connectivity index (χ4n) is 2.22. The Morgan fingerprint density at radius 2 is 1.73 bits per heavy atom. The van der Waals surface area contributed by atoms with Gasteiger partial charge < -0.3 is 14.5 Å². The molecule has 0 aliphatic heterocycles. The Bertz CT molecular complexity index is 994. The molecule has 5 nitrogen and oxygen atoms in total. The summed E-state index contributed by atoms with van der Waals surface area (Å²) in [6.07, 6.45) is -4.43. The first-order chi connectivity index (χ1) is 12.3. The number of amides is 1. The van der Waals surface area contributed by atoms with Gasteiger partial charge in [0, 0.05) is 23.2 Å². The second-order valence-electron chi connectivity index (χ2n) is 5.37. The van der Waals surface area contributed by atoms with Crippen molar-refractivity contribution in [3.8, 4) is 5.75 Å². The summed E-state index contributed by atoms with van der Waals surface area (Å²) in [6, 6.07) is 11.7. The topological polar surface area (TPSA) is 68.5 Å². The quantitative estimate of drug-likeness (QED) is 0.716. The molecule has 1 aromatic heterocycles. The van der Waals surface area contributed by atoms with E-state index in [-0.39, 0.29) is 12.3 Å². The summed E-state index contributed by atoms with van der Waals surface area (Å²) in [5.74, 6) is -0.228. The van der Waals surface area contributed by atoms with Crippen LogP contribution in [0.4, 0.5) is 18.9 Å². The number of rotatable bonds is 4. The molecule has 26 heavy (non-hydrogen) atoms. The molecular weight excluding hydrogens is 351 g/mol. The van der Waals surface area contributed by atoms with E-state index in [1.807, 2.05) is 0 Å². The van der Waals surface area contributed by atoms with Gasteiger partial charge in [0.2, 0.25) is 0 Å². The first-order valence-corrected chi connectivity index (χ1v) is 7.45. The van der Waals surface area contributed by atoms with Gasteiger partial charge in [-0.15, -0.1) is 0 Å². The highest BCUT2D eigenvalue weighted by Crippen LogP contribution is 2.29. The van der Waals surface area contributed by atoms with E-state index in [9.17, 15) is 22.8 Å². The van der Waals surface area contributed by atoms with Gasteiger partial charge in [-0.1, -0.05) is 0 Å². The SMILES string of the molecule is O=C(COc1ccc2ccc(=O)oc2c1)Nc1ccc(C(F)(F)F)cc1. The number of carbonyl (C=O) groups is 1. The Kier molecular flexibility index (Phi) is 4.66. The monoisotopic (exact) mass is 363 g/mol. The molecule has 0 saturated heterocycles.